The molecule has 1 saturated carbocycles. The number of nitrogens with zero attached hydrogens (tertiary/aromatic N) is 2. The molecule has 32 heavy (non-hydrogen) atoms. The lowest BCUT2D eigenvalue weighted by atomic mass is 10.2. The van der Waals surface area contributed by atoms with Crippen LogP contribution in [0.5, 0.6) is 5.75 Å². The van der Waals surface area contributed by atoms with Gasteiger partial charge in [-0.1, -0.05) is 6.92 Å². The number of methoxy groups -OCH3 is 1. The number of amides is 2. The number of piperazine rings is 1. The Hall–Kier alpha value is -3.06. The summed E-state index contributed by atoms with van der Waals surface area (Å²) >= 11 is 0. The second-order valence-corrected chi connectivity index (χ2v) is 8.54. The van der Waals surface area contributed by atoms with E-state index in [1.807, 2.05) is 17.0 Å². The highest BCUT2D eigenvalue weighted by Gasteiger charge is 2.36. The molecule has 0 spiro atoms. The van der Waals surface area contributed by atoms with Crippen LogP contribution in [0.3, 0.4) is 0 Å². The molecule has 7 nitrogen and oxygen atoms in total. The Morgan fingerprint density at radius 1 is 1.12 bits per heavy atom. The number of benzene rings is 1. The van der Waals surface area contributed by atoms with Gasteiger partial charge < -0.3 is 19.4 Å². The van der Waals surface area contributed by atoms with E-state index in [2.05, 4.69) is 17.1 Å². The lowest BCUT2D eigenvalue weighted by Gasteiger charge is -2.34. The molecule has 1 aliphatic carbocycles. The minimum Gasteiger partial charge on any atom is -0.497 e. The summed E-state index contributed by atoms with van der Waals surface area (Å²) in [4.78, 5) is 28.9. The van der Waals surface area contributed by atoms with E-state index < -0.39 is 0 Å². The van der Waals surface area contributed by atoms with Crippen molar-refractivity contribution < 1.29 is 18.7 Å². The third-order valence-electron chi connectivity index (χ3n) is 6.26. The summed E-state index contributed by atoms with van der Waals surface area (Å²) in [5.41, 5.74) is 0.614. The van der Waals surface area contributed by atoms with Gasteiger partial charge in [-0.05, 0) is 54.8 Å². The number of carbonyl (C=O) groups is 2. The van der Waals surface area contributed by atoms with Gasteiger partial charge in [0.15, 0.2) is 0 Å². The summed E-state index contributed by atoms with van der Waals surface area (Å²) < 4.78 is 10.9. The van der Waals surface area contributed by atoms with E-state index in [-0.39, 0.29) is 11.8 Å². The van der Waals surface area contributed by atoms with Gasteiger partial charge in [-0.2, -0.15) is 0 Å². The smallest absolute Gasteiger partial charge is 0.251 e. The third kappa shape index (κ3) is 5.59. The lowest BCUT2D eigenvalue weighted by Crippen LogP contribution is -2.49. The molecule has 7 heteroatoms. The Balaban J connectivity index is 1.15. The van der Waals surface area contributed by atoms with E-state index in [9.17, 15) is 9.59 Å². The SMILES string of the molecule is COc1ccc(C(=O)NCCN2CCN(C(=O)/C=C/c3ccc(C4CC4C)o3)CC2)cc1. The summed E-state index contributed by atoms with van der Waals surface area (Å²) in [5, 5.41) is 2.95. The molecule has 1 aliphatic heterocycles. The molecule has 4 rings (SSSR count). The van der Waals surface area contributed by atoms with Crippen LogP contribution in [0.15, 0.2) is 46.9 Å². The molecule has 2 heterocycles. The van der Waals surface area contributed by atoms with Crippen molar-refractivity contribution in [3.05, 3.63) is 59.6 Å². The van der Waals surface area contributed by atoms with Crippen LogP contribution in [0.4, 0.5) is 0 Å². The molecule has 170 valence electrons. The Morgan fingerprint density at radius 2 is 1.84 bits per heavy atom. The van der Waals surface area contributed by atoms with Crippen molar-refractivity contribution in [2.45, 2.75) is 19.3 Å². The van der Waals surface area contributed by atoms with Gasteiger partial charge in [0.05, 0.1) is 7.11 Å². The molecule has 1 aromatic carbocycles. The van der Waals surface area contributed by atoms with Gasteiger partial charge in [-0.25, -0.2) is 0 Å². The topological polar surface area (TPSA) is 75.0 Å². The van der Waals surface area contributed by atoms with Gasteiger partial charge in [0, 0.05) is 56.8 Å². The predicted octanol–water partition coefficient (Wildman–Crippen LogP) is 3.00. The average molecular weight is 438 g/mol. The van der Waals surface area contributed by atoms with Crippen molar-refractivity contribution in [3.8, 4) is 5.75 Å². The zero-order valence-corrected chi connectivity index (χ0v) is 18.8. The number of furan rings is 1. The largest absolute Gasteiger partial charge is 0.497 e. The molecule has 2 atom stereocenters. The van der Waals surface area contributed by atoms with Crippen LogP contribution < -0.4 is 10.1 Å². The molecule has 0 radical (unpaired) electrons. The van der Waals surface area contributed by atoms with Crippen molar-refractivity contribution in [2.24, 2.45) is 5.92 Å². The summed E-state index contributed by atoms with van der Waals surface area (Å²) in [6.07, 6.45) is 4.55. The van der Waals surface area contributed by atoms with Crippen molar-refractivity contribution in [2.75, 3.05) is 46.4 Å². The van der Waals surface area contributed by atoms with Gasteiger partial charge >= 0.3 is 0 Å². The van der Waals surface area contributed by atoms with E-state index >= 15 is 0 Å². The first-order chi connectivity index (χ1) is 15.5. The van der Waals surface area contributed by atoms with Crippen LogP contribution in [-0.4, -0.2) is 68.0 Å². The predicted molar refractivity (Wildman–Crippen MR) is 123 cm³/mol. The second kappa shape index (κ2) is 10.0. The highest BCUT2D eigenvalue weighted by Crippen LogP contribution is 2.47. The number of nitrogens with one attached hydrogen (secondary N) is 1. The van der Waals surface area contributed by atoms with Crippen molar-refractivity contribution in [1.82, 2.24) is 15.1 Å². The summed E-state index contributed by atoms with van der Waals surface area (Å²) in [5.74, 6) is 3.65. The molecule has 2 amide bonds. The first-order valence-electron chi connectivity index (χ1n) is 11.2. The number of rotatable bonds is 8. The number of hydrogen-bond donors (Lipinski definition) is 1. The molecule has 1 aromatic heterocycles. The fraction of sp³-hybridized carbons (Fsp3) is 0.440. The standard InChI is InChI=1S/C25H31N3O4/c1-18-17-22(18)23-9-7-21(32-23)8-10-24(29)28-15-13-27(14-16-28)12-11-26-25(30)19-3-5-20(31-2)6-4-19/h3-10,18,22H,11-17H2,1-2H3,(H,26,30)/b10-8+. The maximum atomic E-state index is 12.5. The van der Waals surface area contributed by atoms with E-state index in [0.29, 0.717) is 37.0 Å². The minimum atomic E-state index is -0.0937. The van der Waals surface area contributed by atoms with Crippen LogP contribution in [0.1, 0.15) is 41.1 Å². The summed E-state index contributed by atoms with van der Waals surface area (Å²) in [7, 11) is 1.60. The van der Waals surface area contributed by atoms with Gasteiger partial charge in [-0.3, -0.25) is 14.5 Å². The van der Waals surface area contributed by atoms with Crippen LogP contribution >= 0.6 is 0 Å². The Morgan fingerprint density at radius 3 is 2.50 bits per heavy atom. The average Bonchev–Trinajstić information content (AvgIpc) is 3.36. The zero-order valence-electron chi connectivity index (χ0n) is 18.8. The van der Waals surface area contributed by atoms with Gasteiger partial charge in [0.1, 0.15) is 17.3 Å². The Labute approximate surface area is 189 Å². The van der Waals surface area contributed by atoms with E-state index in [1.165, 1.54) is 6.42 Å². The summed E-state index contributed by atoms with van der Waals surface area (Å²) in [6, 6.07) is 11.0. The maximum absolute atomic E-state index is 12.5. The molecule has 2 fully saturated rings. The zero-order chi connectivity index (χ0) is 22.5. The molecule has 2 aliphatic rings. The van der Waals surface area contributed by atoms with Crippen molar-refractivity contribution >= 4 is 17.9 Å². The van der Waals surface area contributed by atoms with E-state index in [1.54, 1.807) is 43.5 Å². The fourth-order valence-corrected chi connectivity index (χ4v) is 4.00. The highest BCUT2D eigenvalue weighted by atomic mass is 16.5. The fourth-order valence-electron chi connectivity index (χ4n) is 4.00. The summed E-state index contributed by atoms with van der Waals surface area (Å²) in [6.45, 7) is 6.50. The molecular formula is C25H31N3O4. The second-order valence-electron chi connectivity index (χ2n) is 8.54. The molecular weight excluding hydrogens is 406 g/mol. The monoisotopic (exact) mass is 437 g/mol. The molecule has 2 aromatic rings. The molecule has 2 unspecified atom stereocenters. The van der Waals surface area contributed by atoms with Crippen molar-refractivity contribution in [3.63, 3.8) is 0 Å². The first kappa shape index (κ1) is 22.1. The number of ether oxygens (including phenoxy) is 1. The molecule has 0 bridgehead atoms. The van der Waals surface area contributed by atoms with E-state index in [0.717, 1.165) is 36.9 Å². The van der Waals surface area contributed by atoms with Crippen molar-refractivity contribution in [1.29, 1.82) is 0 Å². The quantitative estimate of drug-likeness (QED) is 0.643. The molecule has 1 N–H and O–H groups in total. The lowest BCUT2D eigenvalue weighted by molar-refractivity contribution is -0.127. The van der Waals surface area contributed by atoms with Crippen LogP contribution in [-0.2, 0) is 4.79 Å². The number of hydrogen-bond acceptors (Lipinski definition) is 5. The third-order valence-corrected chi connectivity index (χ3v) is 6.26. The first-order valence-corrected chi connectivity index (χ1v) is 11.2. The number of carbonyl (C=O) groups excluding carboxylic acids is 2. The van der Waals surface area contributed by atoms with Crippen LogP contribution in [0.25, 0.3) is 6.08 Å². The van der Waals surface area contributed by atoms with Gasteiger partial charge in [-0.15, -0.1) is 0 Å². The maximum Gasteiger partial charge on any atom is 0.251 e. The minimum absolute atomic E-state index is 0.00944. The van der Waals surface area contributed by atoms with E-state index in [4.69, 9.17) is 9.15 Å². The van der Waals surface area contributed by atoms with Crippen LogP contribution in [0, 0.1) is 5.92 Å². The Kier molecular flexibility index (Phi) is 6.95. The Bertz CT molecular complexity index is 958. The van der Waals surface area contributed by atoms with Crippen LogP contribution in [0.2, 0.25) is 0 Å². The highest BCUT2D eigenvalue weighted by molar-refractivity contribution is 5.94. The van der Waals surface area contributed by atoms with Gasteiger partial charge in [0.25, 0.3) is 5.91 Å². The van der Waals surface area contributed by atoms with Gasteiger partial charge in [0.2, 0.25) is 5.91 Å². The molecule has 1 saturated heterocycles. The normalized spacial score (nSPS) is 21.0.